The first kappa shape index (κ1) is 15.9. The molecule has 0 aromatic carbocycles. The van der Waals surface area contributed by atoms with Gasteiger partial charge in [0.1, 0.15) is 6.29 Å². The third-order valence-corrected chi connectivity index (χ3v) is 4.71. The fraction of sp³-hybridized carbons (Fsp3) is 0.800. The molecule has 0 bridgehead atoms. The average molecular weight is 296 g/mol. The van der Waals surface area contributed by atoms with Gasteiger partial charge in [0.05, 0.1) is 18.5 Å². The van der Waals surface area contributed by atoms with Gasteiger partial charge in [0, 0.05) is 6.54 Å². The fourth-order valence-electron chi connectivity index (χ4n) is 3.61. The Morgan fingerprint density at radius 3 is 2.57 bits per heavy atom. The van der Waals surface area contributed by atoms with E-state index < -0.39 is 5.92 Å². The molecule has 0 spiro atoms. The van der Waals surface area contributed by atoms with Gasteiger partial charge in [0.15, 0.2) is 0 Å². The Morgan fingerprint density at radius 2 is 1.95 bits per heavy atom. The highest BCUT2D eigenvalue weighted by molar-refractivity contribution is 5.82. The molecule has 118 valence electrons. The molecule has 1 N–H and O–H groups in total. The maximum Gasteiger partial charge on any atom is 0.233 e. The number of hydrogen-bond donors (Lipinski definition) is 1. The Labute approximate surface area is 125 Å². The molecule has 1 saturated heterocycles. The number of amides is 2. The lowest BCUT2D eigenvalue weighted by Gasteiger charge is -2.28. The molecule has 0 radical (unpaired) electrons. The summed E-state index contributed by atoms with van der Waals surface area (Å²) in [6.07, 6.45) is 7.96. The van der Waals surface area contributed by atoms with Crippen LogP contribution < -0.4 is 0 Å². The van der Waals surface area contributed by atoms with Crippen LogP contribution in [0.2, 0.25) is 0 Å². The summed E-state index contributed by atoms with van der Waals surface area (Å²) < 4.78 is 0. The molecule has 6 nitrogen and oxygen atoms in total. The zero-order valence-corrected chi connectivity index (χ0v) is 12.3. The summed E-state index contributed by atoms with van der Waals surface area (Å²) in [5.41, 5.74) is 0. The van der Waals surface area contributed by atoms with E-state index in [0.717, 1.165) is 25.5 Å². The van der Waals surface area contributed by atoms with Crippen LogP contribution in [0, 0.1) is 11.8 Å². The highest BCUT2D eigenvalue weighted by Crippen LogP contribution is 2.32. The van der Waals surface area contributed by atoms with Gasteiger partial charge in [-0.3, -0.25) is 14.8 Å². The number of hydroxylamine groups is 2. The monoisotopic (exact) mass is 296 g/mol. The van der Waals surface area contributed by atoms with E-state index in [-0.39, 0.29) is 18.5 Å². The molecule has 1 aliphatic carbocycles. The molecule has 2 unspecified atom stereocenters. The van der Waals surface area contributed by atoms with Gasteiger partial charge in [0.25, 0.3) is 0 Å². The van der Waals surface area contributed by atoms with E-state index in [0.29, 0.717) is 36.8 Å². The molecule has 0 aromatic rings. The number of likely N-dealkylation sites (tertiary alicyclic amines) is 1. The van der Waals surface area contributed by atoms with Gasteiger partial charge in [-0.15, -0.1) is 0 Å². The minimum absolute atomic E-state index is 0.0148. The van der Waals surface area contributed by atoms with Crippen LogP contribution in [0.15, 0.2) is 0 Å². The minimum Gasteiger partial charge on any atom is -0.333 e. The molecule has 21 heavy (non-hydrogen) atoms. The predicted molar refractivity (Wildman–Crippen MR) is 75.4 cm³/mol. The molecule has 2 aliphatic rings. The molecule has 1 saturated carbocycles. The minimum atomic E-state index is -0.413. The zero-order valence-electron chi connectivity index (χ0n) is 12.3. The van der Waals surface area contributed by atoms with Gasteiger partial charge in [0.2, 0.25) is 12.3 Å². The molecule has 0 aromatic heterocycles. The number of hydrogen-bond acceptors (Lipinski definition) is 4. The number of carbonyl (C=O) groups excluding carboxylic acids is 3. The molecule has 2 fully saturated rings. The second-order valence-electron chi connectivity index (χ2n) is 6.19. The quantitative estimate of drug-likeness (QED) is 0.435. The van der Waals surface area contributed by atoms with Crippen LogP contribution in [0.3, 0.4) is 0 Å². The Kier molecular flexibility index (Phi) is 5.73. The molecule has 2 rings (SSSR count). The van der Waals surface area contributed by atoms with E-state index in [1.807, 2.05) is 0 Å². The van der Waals surface area contributed by atoms with Gasteiger partial charge in [-0.1, -0.05) is 25.7 Å². The van der Waals surface area contributed by atoms with Crippen molar-refractivity contribution in [2.24, 2.45) is 11.8 Å². The molecular weight excluding hydrogens is 272 g/mol. The van der Waals surface area contributed by atoms with E-state index in [2.05, 4.69) is 0 Å². The fourth-order valence-corrected chi connectivity index (χ4v) is 3.61. The van der Waals surface area contributed by atoms with E-state index in [9.17, 15) is 19.6 Å². The van der Waals surface area contributed by atoms with E-state index in [1.165, 1.54) is 12.8 Å². The summed E-state index contributed by atoms with van der Waals surface area (Å²) in [6.45, 7) is 0.608. The van der Waals surface area contributed by atoms with Crippen LogP contribution in [0.1, 0.15) is 44.9 Å². The smallest absolute Gasteiger partial charge is 0.233 e. The predicted octanol–water partition coefficient (Wildman–Crippen LogP) is 1.22. The average Bonchev–Trinajstić information content (AvgIpc) is 3.16. The maximum atomic E-state index is 12.7. The van der Waals surface area contributed by atoms with E-state index in [1.54, 1.807) is 4.90 Å². The number of rotatable bonds is 7. The van der Waals surface area contributed by atoms with Crippen molar-refractivity contribution in [3.63, 3.8) is 0 Å². The van der Waals surface area contributed by atoms with Crippen molar-refractivity contribution in [1.82, 2.24) is 9.96 Å². The van der Waals surface area contributed by atoms with Crippen LogP contribution in [-0.4, -0.2) is 52.9 Å². The molecule has 2 amide bonds. The first-order valence-corrected chi connectivity index (χ1v) is 7.82. The third kappa shape index (κ3) is 4.03. The van der Waals surface area contributed by atoms with E-state index >= 15 is 0 Å². The Bertz CT molecular complexity index is 382. The van der Waals surface area contributed by atoms with Crippen molar-refractivity contribution < 1.29 is 19.6 Å². The second-order valence-corrected chi connectivity index (χ2v) is 6.19. The van der Waals surface area contributed by atoms with E-state index in [4.69, 9.17) is 0 Å². The topological polar surface area (TPSA) is 77.9 Å². The molecule has 2 atom stereocenters. The highest BCUT2D eigenvalue weighted by atomic mass is 16.5. The summed E-state index contributed by atoms with van der Waals surface area (Å²) in [5, 5.41) is 9.99. The van der Waals surface area contributed by atoms with Crippen molar-refractivity contribution in [3.8, 4) is 0 Å². The number of nitrogens with zero attached hydrogens (tertiary/aromatic N) is 2. The highest BCUT2D eigenvalue weighted by Gasteiger charge is 2.35. The van der Waals surface area contributed by atoms with Gasteiger partial charge in [-0.05, 0) is 25.2 Å². The Morgan fingerprint density at radius 1 is 1.24 bits per heavy atom. The number of aldehydes is 1. The summed E-state index contributed by atoms with van der Waals surface area (Å²) in [4.78, 5) is 36.0. The van der Waals surface area contributed by atoms with Crippen LogP contribution in [0.4, 0.5) is 0 Å². The summed E-state index contributed by atoms with van der Waals surface area (Å²) in [5.74, 6) is -0.0301. The molecule has 1 heterocycles. The van der Waals surface area contributed by atoms with Crippen LogP contribution in [0.5, 0.6) is 0 Å². The van der Waals surface area contributed by atoms with Gasteiger partial charge in [-0.25, -0.2) is 5.06 Å². The lowest BCUT2D eigenvalue weighted by atomic mass is 9.91. The van der Waals surface area contributed by atoms with Gasteiger partial charge in [-0.2, -0.15) is 0 Å². The number of carbonyl (C=O) groups is 3. The van der Waals surface area contributed by atoms with Crippen molar-refractivity contribution in [2.75, 3.05) is 13.1 Å². The first-order chi connectivity index (χ1) is 10.2. The normalized spacial score (nSPS) is 24.0. The second kappa shape index (κ2) is 7.54. The lowest BCUT2D eigenvalue weighted by Crippen LogP contribution is -2.44. The molecule has 6 heteroatoms. The van der Waals surface area contributed by atoms with Crippen molar-refractivity contribution in [1.29, 1.82) is 0 Å². The van der Waals surface area contributed by atoms with Crippen molar-refractivity contribution >= 4 is 18.6 Å². The molecule has 1 aliphatic heterocycles. The SMILES string of the molecule is O=CC1CCCN1C(=O)C(CC1CCCC1)CN(O)C=O. The van der Waals surface area contributed by atoms with Gasteiger partial charge < -0.3 is 9.69 Å². The van der Waals surface area contributed by atoms with Gasteiger partial charge >= 0.3 is 0 Å². The third-order valence-electron chi connectivity index (χ3n) is 4.71. The van der Waals surface area contributed by atoms with Crippen molar-refractivity contribution in [3.05, 3.63) is 0 Å². The standard InChI is InChI=1S/C15H24N2O4/c18-10-14-6-3-7-17(14)15(20)13(9-16(21)11-19)8-12-4-1-2-5-12/h10-14,21H,1-9H2. The summed E-state index contributed by atoms with van der Waals surface area (Å²) in [7, 11) is 0. The van der Waals surface area contributed by atoms with Crippen LogP contribution in [0.25, 0.3) is 0 Å². The van der Waals surface area contributed by atoms with Crippen LogP contribution >= 0.6 is 0 Å². The summed E-state index contributed by atoms with van der Waals surface area (Å²) in [6, 6.07) is -0.341. The first-order valence-electron chi connectivity index (χ1n) is 7.82. The Balaban J connectivity index is 2.03. The van der Waals surface area contributed by atoms with Crippen LogP contribution in [-0.2, 0) is 14.4 Å². The molecular formula is C15H24N2O4. The maximum absolute atomic E-state index is 12.7. The largest absolute Gasteiger partial charge is 0.333 e. The zero-order chi connectivity index (χ0) is 15.2. The summed E-state index contributed by atoms with van der Waals surface area (Å²) >= 11 is 0. The lowest BCUT2D eigenvalue weighted by molar-refractivity contribution is -0.157. The van der Waals surface area contributed by atoms with Crippen molar-refractivity contribution in [2.45, 2.75) is 51.0 Å². The Hall–Kier alpha value is -1.43.